The van der Waals surface area contributed by atoms with Crippen LogP contribution >= 0.6 is 34.9 Å². The Hall–Kier alpha value is -2.22. The fourth-order valence-corrected chi connectivity index (χ4v) is 7.84. The van der Waals surface area contributed by atoms with Gasteiger partial charge in [-0.15, -0.1) is 22.0 Å². The van der Waals surface area contributed by atoms with E-state index in [-0.39, 0.29) is 5.70 Å². The van der Waals surface area contributed by atoms with Crippen molar-refractivity contribution in [2.45, 2.75) is 27.9 Å². The molecule has 1 aromatic carbocycles. The third kappa shape index (κ3) is 4.86. The Morgan fingerprint density at radius 2 is 2.06 bits per heavy atom. The molecule has 1 aromatic heterocycles. The number of benzene rings is 1. The summed E-state index contributed by atoms with van der Waals surface area (Å²) < 4.78 is 13.0. The largest absolute Gasteiger partial charge is 0.477 e. The molecule has 1 saturated heterocycles. The molecule has 0 saturated carbocycles. The Kier molecular flexibility index (Phi) is 7.22. The molecule has 174 valence electrons. The lowest BCUT2D eigenvalue weighted by Crippen LogP contribution is -2.71. The molecule has 2 aliphatic heterocycles. The van der Waals surface area contributed by atoms with Crippen LogP contribution in [0.15, 0.2) is 45.9 Å². The lowest BCUT2D eigenvalue weighted by Gasteiger charge is -2.49. The maximum Gasteiger partial charge on any atom is 0.352 e. The van der Waals surface area contributed by atoms with Crippen LogP contribution in [0.5, 0.6) is 0 Å². The molecule has 0 spiro atoms. The fraction of sp³-hybridized carbons (Fsp3) is 0.350. The van der Waals surface area contributed by atoms with E-state index in [9.17, 15) is 23.7 Å². The van der Waals surface area contributed by atoms with E-state index >= 15 is 0 Å². The molecule has 3 heterocycles. The quantitative estimate of drug-likeness (QED) is 0.392. The first-order chi connectivity index (χ1) is 15.8. The van der Waals surface area contributed by atoms with Crippen LogP contribution in [0.25, 0.3) is 0 Å². The monoisotopic (exact) mass is 524 g/mol. The average molecular weight is 525 g/mol. The van der Waals surface area contributed by atoms with Gasteiger partial charge in [-0.25, -0.2) is 4.79 Å². The van der Waals surface area contributed by atoms with Gasteiger partial charge in [0.25, 0.3) is 5.91 Å². The number of nitrogens with zero attached hydrogens (tertiary/aromatic N) is 3. The predicted octanol–water partition coefficient (Wildman–Crippen LogP) is 1.80. The molecule has 2 aliphatic rings. The standard InChI is InChI=1S/C20H20N4O5S4/c1-10-22-23-20(32-10)31-9-12-8-30-18-13(17(26)24(18)14(12)19(27)28)21-16(25)15(33(2)29)11-6-4-3-5-7-11/h3-7,13,15,18H,8-9H2,1-2H3,(H,21,25)(H,27,28)/t13?,15?,18-,33?/m1/s1. The van der Waals surface area contributed by atoms with Crippen LogP contribution in [0.3, 0.4) is 0 Å². The van der Waals surface area contributed by atoms with Gasteiger partial charge < -0.3 is 10.4 Å². The second-order valence-corrected chi connectivity index (χ2v) is 12.3. The van der Waals surface area contributed by atoms with E-state index in [0.717, 1.165) is 9.35 Å². The Bertz CT molecular complexity index is 1150. The first-order valence-corrected chi connectivity index (χ1v) is 14.3. The molecule has 0 bridgehead atoms. The van der Waals surface area contributed by atoms with Crippen LogP contribution in [0, 0.1) is 6.92 Å². The zero-order valence-electron chi connectivity index (χ0n) is 17.6. The average Bonchev–Trinajstić information content (AvgIpc) is 3.20. The van der Waals surface area contributed by atoms with Gasteiger partial charge >= 0.3 is 5.97 Å². The lowest BCUT2D eigenvalue weighted by molar-refractivity contribution is -0.150. The summed E-state index contributed by atoms with van der Waals surface area (Å²) in [4.78, 5) is 39.1. The van der Waals surface area contributed by atoms with Gasteiger partial charge in [-0.3, -0.25) is 18.7 Å². The highest BCUT2D eigenvalue weighted by atomic mass is 32.2. The Balaban J connectivity index is 1.49. The van der Waals surface area contributed by atoms with Gasteiger partial charge in [0.15, 0.2) is 4.34 Å². The highest BCUT2D eigenvalue weighted by Gasteiger charge is 2.54. The summed E-state index contributed by atoms with van der Waals surface area (Å²) in [6, 6.07) is 7.86. The van der Waals surface area contributed by atoms with Crippen LogP contribution in [0.1, 0.15) is 15.8 Å². The second kappa shape index (κ2) is 9.95. The van der Waals surface area contributed by atoms with Gasteiger partial charge in [0.05, 0.1) is 0 Å². The van der Waals surface area contributed by atoms with Crippen molar-refractivity contribution in [3.05, 3.63) is 52.2 Å². The van der Waals surface area contributed by atoms with Gasteiger partial charge in [-0.1, -0.05) is 53.4 Å². The predicted molar refractivity (Wildman–Crippen MR) is 128 cm³/mol. The Morgan fingerprint density at radius 1 is 1.33 bits per heavy atom. The minimum absolute atomic E-state index is 0.0401. The number of aliphatic carboxylic acids is 1. The third-order valence-corrected chi connectivity index (χ3v) is 9.65. The van der Waals surface area contributed by atoms with Crippen molar-refractivity contribution in [2.75, 3.05) is 17.8 Å². The van der Waals surface area contributed by atoms with Gasteiger partial charge in [0.2, 0.25) is 5.91 Å². The number of aryl methyl sites for hydroxylation is 1. The zero-order valence-corrected chi connectivity index (χ0v) is 20.9. The molecular formula is C20H20N4O5S4. The number of carbonyl (C=O) groups is 3. The molecule has 13 heteroatoms. The number of aromatic nitrogens is 2. The normalized spacial score (nSPS) is 21.8. The van der Waals surface area contributed by atoms with Crippen LogP contribution < -0.4 is 5.32 Å². The number of hydrogen-bond acceptors (Lipinski definition) is 9. The molecule has 33 heavy (non-hydrogen) atoms. The van der Waals surface area contributed by atoms with Crippen molar-refractivity contribution in [1.29, 1.82) is 0 Å². The third-order valence-electron chi connectivity index (χ3n) is 5.10. The number of rotatable bonds is 8. The van der Waals surface area contributed by atoms with E-state index in [4.69, 9.17) is 0 Å². The maximum atomic E-state index is 12.9. The van der Waals surface area contributed by atoms with E-state index in [0.29, 0.717) is 22.6 Å². The summed E-state index contributed by atoms with van der Waals surface area (Å²) in [5.41, 5.74) is 1.17. The summed E-state index contributed by atoms with van der Waals surface area (Å²) >= 11 is 4.21. The first-order valence-electron chi connectivity index (χ1n) is 9.78. The van der Waals surface area contributed by atoms with Gasteiger partial charge in [-0.05, 0) is 18.1 Å². The summed E-state index contributed by atoms with van der Waals surface area (Å²) in [6.07, 6.45) is 1.44. The van der Waals surface area contributed by atoms with E-state index in [2.05, 4.69) is 15.5 Å². The first kappa shape index (κ1) is 23.9. The SMILES string of the molecule is Cc1nnc(SCC2=C(C(=O)O)N3C(=O)C(NC(=O)C(c4ccccc4)S(C)=O)[C@H]3SC2)s1. The van der Waals surface area contributed by atoms with Crippen LogP contribution in [0.2, 0.25) is 0 Å². The lowest BCUT2D eigenvalue weighted by atomic mass is 10.0. The Morgan fingerprint density at radius 3 is 2.67 bits per heavy atom. The van der Waals surface area contributed by atoms with E-state index < -0.39 is 45.2 Å². The van der Waals surface area contributed by atoms with Crippen LogP contribution in [-0.4, -0.2) is 71.4 Å². The number of carboxylic acid groups (broad SMARTS) is 1. The highest BCUT2D eigenvalue weighted by Crippen LogP contribution is 2.42. The number of hydrogen-bond donors (Lipinski definition) is 2. The van der Waals surface area contributed by atoms with E-state index in [1.807, 2.05) is 6.92 Å². The molecule has 2 aromatic rings. The number of nitrogens with one attached hydrogen (secondary N) is 1. The second-order valence-electron chi connectivity index (χ2n) is 7.32. The van der Waals surface area contributed by atoms with Gasteiger partial charge in [0.1, 0.15) is 27.4 Å². The van der Waals surface area contributed by atoms with Crippen molar-refractivity contribution in [3.8, 4) is 0 Å². The van der Waals surface area contributed by atoms with Crippen LogP contribution in [0.4, 0.5) is 0 Å². The summed E-state index contributed by atoms with van der Waals surface area (Å²) in [5.74, 6) is -1.40. The molecule has 4 atom stereocenters. The zero-order chi connectivity index (χ0) is 23.7. The number of fused-ring (bicyclic) bond motifs is 1. The molecule has 2 amide bonds. The van der Waals surface area contributed by atoms with Crippen molar-refractivity contribution in [1.82, 2.24) is 20.4 Å². The number of thioether (sulfide) groups is 2. The van der Waals surface area contributed by atoms with E-state index in [1.165, 1.54) is 46.0 Å². The molecule has 9 nitrogen and oxygen atoms in total. The Labute approximate surface area is 204 Å². The molecule has 2 N–H and O–H groups in total. The molecule has 0 radical (unpaired) electrons. The highest BCUT2D eigenvalue weighted by molar-refractivity contribution is 8.01. The number of carboxylic acids is 1. The fourth-order valence-electron chi connectivity index (χ4n) is 3.63. The molecule has 1 fully saturated rings. The molecule has 4 rings (SSSR count). The van der Waals surface area contributed by atoms with Crippen molar-refractivity contribution < 1.29 is 23.7 Å². The summed E-state index contributed by atoms with van der Waals surface area (Å²) in [5, 5.41) is 19.9. The minimum Gasteiger partial charge on any atom is -0.477 e. The maximum absolute atomic E-state index is 12.9. The van der Waals surface area contributed by atoms with Crippen LogP contribution in [-0.2, 0) is 25.2 Å². The van der Waals surface area contributed by atoms with Gasteiger partial charge in [0, 0.05) is 28.6 Å². The summed E-state index contributed by atoms with van der Waals surface area (Å²) in [6.45, 7) is 1.84. The summed E-state index contributed by atoms with van der Waals surface area (Å²) in [7, 11) is -1.50. The van der Waals surface area contributed by atoms with Crippen molar-refractivity contribution >= 4 is 63.4 Å². The topological polar surface area (TPSA) is 130 Å². The molecule has 0 aliphatic carbocycles. The van der Waals surface area contributed by atoms with Crippen molar-refractivity contribution in [3.63, 3.8) is 0 Å². The van der Waals surface area contributed by atoms with E-state index in [1.54, 1.807) is 30.3 Å². The number of carbonyl (C=O) groups excluding carboxylic acids is 2. The minimum atomic E-state index is -1.50. The van der Waals surface area contributed by atoms with Gasteiger partial charge in [-0.2, -0.15) is 0 Å². The smallest absolute Gasteiger partial charge is 0.352 e. The molecule has 3 unspecified atom stereocenters. The van der Waals surface area contributed by atoms with Crippen molar-refractivity contribution in [2.24, 2.45) is 0 Å². The molecular weight excluding hydrogens is 505 g/mol. The number of β-lactam (4-membered cyclic amide) rings is 1. The number of amides is 2.